The number of carbonyl (C=O) groups is 1. The Bertz CT molecular complexity index is 748. The fourth-order valence-corrected chi connectivity index (χ4v) is 3.52. The van der Waals surface area contributed by atoms with Crippen LogP contribution in [0.25, 0.3) is 0 Å². The molecule has 173 valence electrons. The second kappa shape index (κ2) is 9.18. The minimum Gasteiger partial charge on any atom is -0.460 e. The highest BCUT2D eigenvalue weighted by atomic mass is 19.3. The standard InChI is InChI=1S/C24H36BF2O4/c1-21(2,3)30-20(28)17-9-8-10-19(24(26,27)15-17)16-11-13-18(14-12-16)25-31-23(6,7)22(4,5)29/h11-14,17,19,29H,8-10,15H2,1-7H3/p+1. The van der Waals surface area contributed by atoms with Crippen molar-refractivity contribution < 1.29 is 28.1 Å². The number of carbonyl (C=O) groups excluding carboxylic acids is 1. The van der Waals surface area contributed by atoms with E-state index in [9.17, 15) is 4.79 Å². The van der Waals surface area contributed by atoms with E-state index in [1.54, 1.807) is 66.4 Å². The van der Waals surface area contributed by atoms with Gasteiger partial charge >= 0.3 is 13.5 Å². The van der Waals surface area contributed by atoms with Gasteiger partial charge in [-0.05, 0) is 53.0 Å². The summed E-state index contributed by atoms with van der Waals surface area (Å²) in [4.78, 5) is 12.4. The summed E-state index contributed by atoms with van der Waals surface area (Å²) >= 11 is 0. The Balaban J connectivity index is 2.08. The molecule has 1 aliphatic carbocycles. The van der Waals surface area contributed by atoms with Crippen LogP contribution in [-0.2, 0) is 14.2 Å². The van der Waals surface area contributed by atoms with Gasteiger partial charge in [0.2, 0.25) is 0 Å². The number of rotatable bonds is 6. The first-order valence-electron chi connectivity index (χ1n) is 11.0. The van der Waals surface area contributed by atoms with Gasteiger partial charge in [-0.15, -0.1) is 0 Å². The van der Waals surface area contributed by atoms with Gasteiger partial charge in [-0.2, -0.15) is 0 Å². The van der Waals surface area contributed by atoms with E-state index in [0.717, 1.165) is 5.46 Å². The molecule has 31 heavy (non-hydrogen) atoms. The van der Waals surface area contributed by atoms with Crippen LogP contribution in [0.2, 0.25) is 0 Å². The Hall–Kier alpha value is -1.47. The van der Waals surface area contributed by atoms with Crippen molar-refractivity contribution in [1.82, 2.24) is 0 Å². The number of benzene rings is 1. The smallest absolute Gasteiger partial charge is 0.331 e. The molecular formula is C24H37BF2O4+. The lowest BCUT2D eigenvalue weighted by Gasteiger charge is -2.33. The van der Waals surface area contributed by atoms with Crippen molar-refractivity contribution >= 4 is 18.9 Å². The number of hydrogen-bond acceptors (Lipinski definition) is 3. The highest BCUT2D eigenvalue weighted by molar-refractivity contribution is 6.47. The average molecular weight is 438 g/mol. The lowest BCUT2D eigenvalue weighted by Crippen LogP contribution is -2.49. The van der Waals surface area contributed by atoms with Gasteiger partial charge in [0.1, 0.15) is 11.2 Å². The van der Waals surface area contributed by atoms with E-state index in [0.29, 0.717) is 24.8 Å². The van der Waals surface area contributed by atoms with E-state index in [4.69, 9.17) is 14.5 Å². The number of halogens is 2. The van der Waals surface area contributed by atoms with Gasteiger partial charge in [0.15, 0.2) is 5.60 Å². The predicted octanol–water partition coefficient (Wildman–Crippen LogP) is 4.48. The number of esters is 1. The second-order valence-electron chi connectivity index (χ2n) is 10.7. The van der Waals surface area contributed by atoms with Gasteiger partial charge in [-0.3, -0.25) is 4.79 Å². The summed E-state index contributed by atoms with van der Waals surface area (Å²) in [5.74, 6) is -5.24. The normalized spacial score (nSPS) is 22.5. The third-order valence-electron chi connectivity index (χ3n) is 6.15. The Morgan fingerprint density at radius 2 is 1.65 bits per heavy atom. The molecule has 1 fully saturated rings. The van der Waals surface area contributed by atoms with Crippen LogP contribution in [0.5, 0.6) is 0 Å². The summed E-state index contributed by atoms with van der Waals surface area (Å²) in [6.07, 6.45) is 0.800. The maximum Gasteiger partial charge on any atom is 0.331 e. The molecule has 0 amide bonds. The zero-order valence-corrected chi connectivity index (χ0v) is 19.9. The van der Waals surface area contributed by atoms with Crippen LogP contribution in [0.1, 0.15) is 85.6 Å². The molecule has 1 aromatic rings. The Morgan fingerprint density at radius 3 is 2.16 bits per heavy atom. The molecule has 7 heteroatoms. The summed E-state index contributed by atoms with van der Waals surface area (Å²) in [6.45, 7) is 12.5. The SMILES string of the molecule is CC(C)(C)OC(=O)C1CCCC(c2ccc([B]OC(C)(C)C(C)(C)[OH2+])cc2)C(F)(F)C1. The van der Waals surface area contributed by atoms with Crippen LogP contribution in [0, 0.1) is 5.92 Å². The summed E-state index contributed by atoms with van der Waals surface area (Å²) in [5, 5.41) is 8.17. The Labute approximate surface area is 186 Å². The maximum atomic E-state index is 15.1. The summed E-state index contributed by atoms with van der Waals surface area (Å²) in [5.41, 5.74) is -0.861. The highest BCUT2D eigenvalue weighted by Crippen LogP contribution is 2.45. The summed E-state index contributed by atoms with van der Waals surface area (Å²) in [7, 11) is 1.57. The van der Waals surface area contributed by atoms with E-state index in [2.05, 4.69) is 0 Å². The monoisotopic (exact) mass is 438 g/mol. The molecular weight excluding hydrogens is 401 g/mol. The van der Waals surface area contributed by atoms with Gasteiger partial charge in [-0.25, -0.2) is 8.78 Å². The van der Waals surface area contributed by atoms with Gasteiger partial charge in [0.25, 0.3) is 5.92 Å². The topological polar surface area (TPSA) is 58.4 Å². The van der Waals surface area contributed by atoms with Crippen LogP contribution in [-0.4, -0.2) is 41.3 Å². The second-order valence-corrected chi connectivity index (χ2v) is 10.7. The molecule has 1 aliphatic rings. The van der Waals surface area contributed by atoms with Gasteiger partial charge in [-0.1, -0.05) is 36.1 Å². The maximum absolute atomic E-state index is 15.1. The van der Waals surface area contributed by atoms with E-state index < -0.39 is 47.0 Å². The van der Waals surface area contributed by atoms with Crippen LogP contribution in [0.15, 0.2) is 24.3 Å². The molecule has 1 saturated carbocycles. The molecule has 1 aromatic carbocycles. The molecule has 0 spiro atoms. The molecule has 0 heterocycles. The first-order valence-corrected chi connectivity index (χ1v) is 11.0. The van der Waals surface area contributed by atoms with E-state index in [1.165, 1.54) is 0 Å². The van der Waals surface area contributed by atoms with Crippen molar-refractivity contribution in [3.63, 3.8) is 0 Å². The third-order valence-corrected chi connectivity index (χ3v) is 6.15. The van der Waals surface area contributed by atoms with Gasteiger partial charge < -0.3 is 14.5 Å². The molecule has 0 aliphatic heterocycles. The fourth-order valence-electron chi connectivity index (χ4n) is 3.52. The molecule has 2 rings (SSSR count). The number of alkyl halides is 2. The fraction of sp³-hybridized carbons (Fsp3) is 0.708. The molecule has 1 radical (unpaired) electrons. The van der Waals surface area contributed by atoms with Crippen molar-refractivity contribution in [3.8, 4) is 0 Å². The summed E-state index contributed by atoms with van der Waals surface area (Å²) in [6, 6.07) is 6.93. The van der Waals surface area contributed by atoms with Gasteiger partial charge in [0, 0.05) is 26.2 Å². The molecule has 2 N–H and O–H groups in total. The lowest BCUT2D eigenvalue weighted by atomic mass is 9.81. The largest absolute Gasteiger partial charge is 0.460 e. The van der Waals surface area contributed by atoms with E-state index >= 15 is 8.78 Å². The zero-order chi connectivity index (χ0) is 23.7. The molecule has 0 bridgehead atoms. The van der Waals surface area contributed by atoms with Crippen LogP contribution < -0.4 is 5.46 Å². The third kappa shape index (κ3) is 7.01. The number of ether oxygens (including phenoxy) is 1. The van der Waals surface area contributed by atoms with Crippen LogP contribution in [0.3, 0.4) is 0 Å². The molecule has 2 unspecified atom stereocenters. The molecule has 0 aromatic heterocycles. The van der Waals surface area contributed by atoms with Crippen molar-refractivity contribution in [2.45, 2.75) is 103 Å². The van der Waals surface area contributed by atoms with Crippen molar-refractivity contribution in [2.24, 2.45) is 5.92 Å². The van der Waals surface area contributed by atoms with E-state index in [-0.39, 0.29) is 0 Å². The van der Waals surface area contributed by atoms with Crippen LogP contribution in [0.4, 0.5) is 8.78 Å². The lowest BCUT2D eigenvalue weighted by molar-refractivity contribution is -0.163. The van der Waals surface area contributed by atoms with Crippen LogP contribution >= 0.6 is 0 Å². The summed E-state index contributed by atoms with van der Waals surface area (Å²) < 4.78 is 41.4. The van der Waals surface area contributed by atoms with Crippen molar-refractivity contribution in [2.75, 3.05) is 0 Å². The molecule has 0 saturated heterocycles. The Morgan fingerprint density at radius 1 is 1.06 bits per heavy atom. The minimum atomic E-state index is -2.99. The predicted molar refractivity (Wildman–Crippen MR) is 120 cm³/mol. The molecule has 2 atom stereocenters. The first-order chi connectivity index (χ1) is 14.0. The zero-order valence-electron chi connectivity index (χ0n) is 19.9. The Kier molecular flexibility index (Phi) is 7.64. The quantitative estimate of drug-likeness (QED) is 0.285. The first kappa shape index (κ1) is 25.8. The minimum absolute atomic E-state index is 0.325. The average Bonchev–Trinajstić information content (AvgIpc) is 2.76. The number of hydrogen-bond donors (Lipinski definition) is 0. The highest BCUT2D eigenvalue weighted by Gasteiger charge is 2.46. The van der Waals surface area contributed by atoms with Gasteiger partial charge in [0.05, 0.1) is 5.92 Å². The molecule has 4 nitrogen and oxygen atoms in total. The van der Waals surface area contributed by atoms with Crippen molar-refractivity contribution in [3.05, 3.63) is 29.8 Å². The van der Waals surface area contributed by atoms with E-state index in [1.807, 2.05) is 13.8 Å². The van der Waals surface area contributed by atoms with Crippen molar-refractivity contribution in [1.29, 1.82) is 0 Å².